The monoisotopic (exact) mass is 252 g/mol. The molecule has 0 fully saturated rings. The number of para-hydroxylation sites is 1. The predicted octanol–water partition coefficient (Wildman–Crippen LogP) is 0.282. The Morgan fingerprint density at radius 2 is 2.17 bits per heavy atom. The average molecular weight is 252 g/mol. The van der Waals surface area contributed by atoms with E-state index in [1.54, 1.807) is 14.0 Å². The van der Waals surface area contributed by atoms with Crippen LogP contribution in [-0.2, 0) is 11.3 Å². The molecule has 0 saturated carbocycles. The zero-order valence-corrected chi connectivity index (χ0v) is 10.8. The van der Waals surface area contributed by atoms with Gasteiger partial charge in [-0.05, 0) is 13.0 Å². The van der Waals surface area contributed by atoms with Crippen LogP contribution in [0.4, 0.5) is 0 Å². The van der Waals surface area contributed by atoms with Crippen LogP contribution in [0.2, 0.25) is 0 Å². The van der Waals surface area contributed by atoms with Crippen molar-refractivity contribution in [3.05, 3.63) is 29.8 Å². The molecule has 5 heteroatoms. The summed E-state index contributed by atoms with van der Waals surface area (Å²) in [5, 5.41) is 14.8. The molecular weight excluding hydrogens is 232 g/mol. The molecule has 0 aliphatic heterocycles. The molecule has 0 bridgehead atoms. The van der Waals surface area contributed by atoms with E-state index in [1.165, 1.54) is 0 Å². The zero-order valence-electron chi connectivity index (χ0n) is 10.8. The van der Waals surface area contributed by atoms with E-state index in [2.05, 4.69) is 10.6 Å². The van der Waals surface area contributed by atoms with Gasteiger partial charge in [-0.25, -0.2) is 0 Å². The Hall–Kier alpha value is -1.59. The maximum absolute atomic E-state index is 11.1. The molecule has 100 valence electrons. The predicted molar refractivity (Wildman–Crippen MR) is 69.4 cm³/mol. The molecule has 5 nitrogen and oxygen atoms in total. The molecule has 0 aliphatic carbocycles. The molecule has 1 atom stereocenters. The maximum Gasteiger partial charge on any atom is 0.257 e. The van der Waals surface area contributed by atoms with Crippen molar-refractivity contribution in [2.45, 2.75) is 19.6 Å². The SMILES string of the molecule is CNC(=O)COc1ccccc1CNC[C@H](C)O. The molecule has 1 rings (SSSR count). The van der Waals surface area contributed by atoms with E-state index in [0.29, 0.717) is 18.8 Å². The molecule has 3 N–H and O–H groups in total. The number of nitrogens with one attached hydrogen (secondary N) is 2. The number of carbonyl (C=O) groups is 1. The van der Waals surface area contributed by atoms with Gasteiger partial charge in [0.05, 0.1) is 6.10 Å². The summed E-state index contributed by atoms with van der Waals surface area (Å²) in [6.07, 6.45) is -0.385. The van der Waals surface area contributed by atoms with E-state index in [-0.39, 0.29) is 18.6 Å². The van der Waals surface area contributed by atoms with Gasteiger partial charge in [0.25, 0.3) is 5.91 Å². The Morgan fingerprint density at radius 1 is 1.44 bits per heavy atom. The average Bonchev–Trinajstić information content (AvgIpc) is 2.36. The first-order chi connectivity index (χ1) is 8.63. The highest BCUT2D eigenvalue weighted by Gasteiger charge is 2.05. The van der Waals surface area contributed by atoms with Gasteiger partial charge in [-0.15, -0.1) is 0 Å². The van der Waals surface area contributed by atoms with Gasteiger partial charge < -0.3 is 20.5 Å². The lowest BCUT2D eigenvalue weighted by atomic mass is 10.2. The molecule has 1 aromatic rings. The summed E-state index contributed by atoms with van der Waals surface area (Å²) < 4.78 is 5.43. The zero-order chi connectivity index (χ0) is 13.4. The molecule has 0 heterocycles. The largest absolute Gasteiger partial charge is 0.483 e. The third-order valence-electron chi connectivity index (χ3n) is 2.37. The number of carbonyl (C=O) groups excluding carboxylic acids is 1. The Bertz CT molecular complexity index is 380. The topological polar surface area (TPSA) is 70.6 Å². The number of ether oxygens (including phenoxy) is 1. The van der Waals surface area contributed by atoms with Crippen molar-refractivity contribution in [1.82, 2.24) is 10.6 Å². The lowest BCUT2D eigenvalue weighted by molar-refractivity contribution is -0.122. The summed E-state index contributed by atoms with van der Waals surface area (Å²) >= 11 is 0. The van der Waals surface area contributed by atoms with Crippen LogP contribution in [0.5, 0.6) is 5.75 Å². The van der Waals surface area contributed by atoms with Gasteiger partial charge in [0.15, 0.2) is 6.61 Å². The molecule has 0 saturated heterocycles. The van der Waals surface area contributed by atoms with Gasteiger partial charge in [0.2, 0.25) is 0 Å². The van der Waals surface area contributed by atoms with Crippen molar-refractivity contribution in [1.29, 1.82) is 0 Å². The molecular formula is C13H20N2O3. The van der Waals surface area contributed by atoms with Gasteiger partial charge >= 0.3 is 0 Å². The van der Waals surface area contributed by atoms with E-state index >= 15 is 0 Å². The Kier molecular flexibility index (Phi) is 6.18. The molecule has 0 aliphatic rings. The highest BCUT2D eigenvalue weighted by atomic mass is 16.5. The quantitative estimate of drug-likeness (QED) is 0.652. The van der Waals surface area contributed by atoms with Crippen LogP contribution in [0.1, 0.15) is 12.5 Å². The molecule has 0 aromatic heterocycles. The maximum atomic E-state index is 11.1. The van der Waals surface area contributed by atoms with E-state index < -0.39 is 0 Å². The second-order valence-electron chi connectivity index (χ2n) is 4.05. The molecule has 1 aromatic carbocycles. The van der Waals surface area contributed by atoms with Crippen molar-refractivity contribution in [2.75, 3.05) is 20.2 Å². The third kappa shape index (κ3) is 5.16. The van der Waals surface area contributed by atoms with Crippen molar-refractivity contribution < 1.29 is 14.6 Å². The van der Waals surface area contributed by atoms with Crippen molar-refractivity contribution in [2.24, 2.45) is 0 Å². The molecule has 18 heavy (non-hydrogen) atoms. The summed E-state index contributed by atoms with van der Waals surface area (Å²) in [5.74, 6) is 0.515. The summed E-state index contributed by atoms with van der Waals surface area (Å²) in [6, 6.07) is 7.51. The number of hydrogen-bond donors (Lipinski definition) is 3. The fourth-order valence-electron chi connectivity index (χ4n) is 1.42. The fourth-order valence-corrected chi connectivity index (χ4v) is 1.42. The molecule has 1 amide bonds. The number of hydrogen-bond acceptors (Lipinski definition) is 4. The van der Waals surface area contributed by atoms with Gasteiger partial charge in [-0.3, -0.25) is 4.79 Å². The first-order valence-corrected chi connectivity index (χ1v) is 5.93. The first kappa shape index (κ1) is 14.5. The van der Waals surface area contributed by atoms with E-state index in [1.807, 2.05) is 24.3 Å². The Labute approximate surface area is 107 Å². The smallest absolute Gasteiger partial charge is 0.257 e. The van der Waals surface area contributed by atoms with Gasteiger partial charge in [0, 0.05) is 25.7 Å². The van der Waals surface area contributed by atoms with Crippen LogP contribution in [-0.4, -0.2) is 37.3 Å². The standard InChI is InChI=1S/C13H20N2O3/c1-10(16)7-15-8-11-5-3-4-6-12(11)18-9-13(17)14-2/h3-6,10,15-16H,7-9H2,1-2H3,(H,14,17)/t10-/m0/s1. The van der Waals surface area contributed by atoms with Crippen LogP contribution in [0, 0.1) is 0 Å². The summed E-state index contributed by atoms with van der Waals surface area (Å²) in [6.45, 7) is 2.84. The van der Waals surface area contributed by atoms with Crippen LogP contribution in [0.3, 0.4) is 0 Å². The van der Waals surface area contributed by atoms with Gasteiger partial charge in [0.1, 0.15) is 5.75 Å². The highest BCUT2D eigenvalue weighted by Crippen LogP contribution is 2.17. The van der Waals surface area contributed by atoms with Crippen molar-refractivity contribution >= 4 is 5.91 Å². The highest BCUT2D eigenvalue weighted by molar-refractivity contribution is 5.77. The van der Waals surface area contributed by atoms with Crippen molar-refractivity contribution in [3.8, 4) is 5.75 Å². The van der Waals surface area contributed by atoms with Crippen LogP contribution < -0.4 is 15.4 Å². The number of aliphatic hydroxyl groups excluding tert-OH is 1. The fraction of sp³-hybridized carbons (Fsp3) is 0.462. The summed E-state index contributed by atoms with van der Waals surface area (Å²) in [5.41, 5.74) is 0.960. The van der Waals surface area contributed by atoms with Crippen LogP contribution in [0.15, 0.2) is 24.3 Å². The minimum atomic E-state index is -0.385. The second-order valence-corrected chi connectivity index (χ2v) is 4.05. The van der Waals surface area contributed by atoms with Crippen molar-refractivity contribution in [3.63, 3.8) is 0 Å². The normalized spacial score (nSPS) is 11.9. The lowest BCUT2D eigenvalue weighted by Crippen LogP contribution is -2.26. The van der Waals surface area contributed by atoms with Crippen LogP contribution in [0.25, 0.3) is 0 Å². The number of amides is 1. The Morgan fingerprint density at radius 3 is 2.83 bits per heavy atom. The van der Waals surface area contributed by atoms with E-state index in [4.69, 9.17) is 9.84 Å². The van der Waals surface area contributed by atoms with E-state index in [0.717, 1.165) is 5.56 Å². The third-order valence-corrected chi connectivity index (χ3v) is 2.37. The number of rotatable bonds is 7. The number of likely N-dealkylation sites (N-methyl/N-ethyl adjacent to an activating group) is 1. The van der Waals surface area contributed by atoms with Gasteiger partial charge in [-0.1, -0.05) is 18.2 Å². The second kappa shape index (κ2) is 7.68. The minimum Gasteiger partial charge on any atom is -0.483 e. The minimum absolute atomic E-state index is 0.00389. The van der Waals surface area contributed by atoms with E-state index in [9.17, 15) is 4.79 Å². The molecule has 0 spiro atoms. The molecule has 0 radical (unpaired) electrons. The molecule has 0 unspecified atom stereocenters. The summed E-state index contributed by atoms with van der Waals surface area (Å²) in [7, 11) is 1.57. The first-order valence-electron chi connectivity index (χ1n) is 5.93. The summed E-state index contributed by atoms with van der Waals surface area (Å²) in [4.78, 5) is 11.1. The van der Waals surface area contributed by atoms with Gasteiger partial charge in [-0.2, -0.15) is 0 Å². The lowest BCUT2D eigenvalue weighted by Gasteiger charge is -2.12. The Balaban J connectivity index is 2.53. The number of benzene rings is 1. The number of aliphatic hydroxyl groups is 1. The van der Waals surface area contributed by atoms with Crippen LogP contribution >= 0.6 is 0 Å².